The molecule has 0 bridgehead atoms. The standard InChI is InChI=1S/C26H28NO3P/c1-4-29-31(28,30-5-2)26-24-14-10-9-13-23(24)25(19-21-11-7-6-8-12-21)27(26)22-17-15-20(3)16-18-22/h6-18H,4-5,19H2,1-3H3. The number of rotatable bonds is 8. The zero-order valence-electron chi connectivity index (χ0n) is 18.2. The van der Waals surface area contributed by atoms with Gasteiger partial charge in [-0.15, -0.1) is 0 Å². The summed E-state index contributed by atoms with van der Waals surface area (Å²) in [7, 11) is -3.55. The minimum atomic E-state index is -3.55. The Balaban J connectivity index is 2.07. The smallest absolute Gasteiger partial charge is 0.306 e. The van der Waals surface area contributed by atoms with Crippen LogP contribution in [0.3, 0.4) is 0 Å². The highest BCUT2D eigenvalue weighted by molar-refractivity contribution is 7.62. The molecule has 0 aliphatic heterocycles. The van der Waals surface area contributed by atoms with E-state index in [0.29, 0.717) is 25.1 Å². The molecule has 0 atom stereocenters. The Morgan fingerprint density at radius 1 is 0.774 bits per heavy atom. The van der Waals surface area contributed by atoms with Gasteiger partial charge < -0.3 is 13.6 Å². The lowest BCUT2D eigenvalue weighted by atomic mass is 10.1. The fraction of sp³-hybridized carbons (Fsp3) is 0.231. The molecular weight excluding hydrogens is 405 g/mol. The molecule has 3 aromatic carbocycles. The number of aromatic nitrogens is 1. The Labute approximate surface area is 184 Å². The number of fused-ring (bicyclic) bond motifs is 1. The van der Waals surface area contributed by atoms with Crippen LogP contribution in [0.4, 0.5) is 0 Å². The van der Waals surface area contributed by atoms with E-state index in [-0.39, 0.29) is 0 Å². The molecule has 0 fully saturated rings. The average Bonchev–Trinajstić information content (AvgIpc) is 3.10. The molecule has 0 unspecified atom stereocenters. The van der Waals surface area contributed by atoms with E-state index in [1.807, 2.05) is 50.2 Å². The van der Waals surface area contributed by atoms with Crippen molar-refractivity contribution in [3.63, 3.8) is 0 Å². The maximum absolute atomic E-state index is 14.1. The summed E-state index contributed by atoms with van der Waals surface area (Å²) in [6.07, 6.45) is 0.702. The third-order valence-corrected chi connectivity index (χ3v) is 7.48. The molecule has 0 saturated carbocycles. The first-order chi connectivity index (χ1) is 15.1. The van der Waals surface area contributed by atoms with E-state index in [1.54, 1.807) is 0 Å². The van der Waals surface area contributed by atoms with Crippen LogP contribution in [-0.4, -0.2) is 17.8 Å². The van der Waals surface area contributed by atoms with Gasteiger partial charge in [-0.05, 0) is 38.5 Å². The van der Waals surface area contributed by atoms with Gasteiger partial charge in [-0.25, -0.2) is 0 Å². The Morgan fingerprint density at radius 2 is 1.35 bits per heavy atom. The van der Waals surface area contributed by atoms with Crippen molar-refractivity contribution in [1.29, 1.82) is 0 Å². The first-order valence-corrected chi connectivity index (χ1v) is 12.2. The van der Waals surface area contributed by atoms with Gasteiger partial charge in [0.2, 0.25) is 0 Å². The minimum Gasteiger partial charge on any atom is -0.306 e. The van der Waals surface area contributed by atoms with Crippen LogP contribution in [0.2, 0.25) is 0 Å². The molecule has 4 nitrogen and oxygen atoms in total. The van der Waals surface area contributed by atoms with Crippen LogP contribution in [0, 0.1) is 6.92 Å². The van der Waals surface area contributed by atoms with Gasteiger partial charge in [0, 0.05) is 28.6 Å². The zero-order chi connectivity index (χ0) is 21.8. The molecule has 0 aliphatic rings. The maximum Gasteiger partial charge on any atom is 0.378 e. The van der Waals surface area contributed by atoms with E-state index in [9.17, 15) is 4.57 Å². The summed E-state index contributed by atoms with van der Waals surface area (Å²) in [6.45, 7) is 6.36. The molecule has 0 spiro atoms. The molecule has 1 heterocycles. The molecule has 5 heteroatoms. The van der Waals surface area contributed by atoms with E-state index < -0.39 is 7.60 Å². The Hall–Kier alpha value is -2.65. The molecule has 160 valence electrons. The molecule has 4 aromatic rings. The van der Waals surface area contributed by atoms with Crippen LogP contribution in [-0.2, 0) is 20.0 Å². The fourth-order valence-corrected chi connectivity index (χ4v) is 5.97. The van der Waals surface area contributed by atoms with Gasteiger partial charge in [-0.2, -0.15) is 0 Å². The summed E-state index contributed by atoms with van der Waals surface area (Å²) in [5.41, 5.74) is 4.97. The number of hydrogen-bond donors (Lipinski definition) is 0. The van der Waals surface area contributed by atoms with Crippen molar-refractivity contribution in [3.05, 3.63) is 95.7 Å². The van der Waals surface area contributed by atoms with Crippen molar-refractivity contribution < 1.29 is 13.6 Å². The number of benzene rings is 3. The van der Waals surface area contributed by atoms with Crippen LogP contribution in [0.5, 0.6) is 0 Å². The van der Waals surface area contributed by atoms with E-state index in [4.69, 9.17) is 9.05 Å². The topological polar surface area (TPSA) is 40.5 Å². The third-order valence-electron chi connectivity index (χ3n) is 5.32. The summed E-state index contributed by atoms with van der Waals surface area (Å²) in [5, 5.41) is 1.96. The largest absolute Gasteiger partial charge is 0.378 e. The van der Waals surface area contributed by atoms with Crippen molar-refractivity contribution in [3.8, 4) is 5.69 Å². The summed E-state index contributed by atoms with van der Waals surface area (Å²) < 4.78 is 27.8. The van der Waals surface area contributed by atoms with E-state index >= 15 is 0 Å². The van der Waals surface area contributed by atoms with Crippen LogP contribution in [0.1, 0.15) is 30.7 Å². The van der Waals surface area contributed by atoms with E-state index in [1.165, 1.54) is 11.1 Å². The third kappa shape index (κ3) is 4.24. The summed E-state index contributed by atoms with van der Waals surface area (Å²) >= 11 is 0. The van der Waals surface area contributed by atoms with Gasteiger partial charge in [0.15, 0.2) is 0 Å². The number of aryl methyl sites for hydroxylation is 1. The predicted molar refractivity (Wildman–Crippen MR) is 128 cm³/mol. The van der Waals surface area contributed by atoms with Crippen molar-refractivity contribution in [2.75, 3.05) is 13.2 Å². The van der Waals surface area contributed by atoms with Crippen LogP contribution < -0.4 is 5.44 Å². The Morgan fingerprint density at radius 3 is 1.97 bits per heavy atom. The van der Waals surface area contributed by atoms with Gasteiger partial charge in [-0.1, -0.05) is 72.3 Å². The second-order valence-corrected chi connectivity index (χ2v) is 9.42. The molecule has 0 amide bonds. The first-order valence-electron chi connectivity index (χ1n) is 10.7. The number of nitrogens with zero attached hydrogens (tertiary/aromatic N) is 1. The van der Waals surface area contributed by atoms with Gasteiger partial charge in [0.05, 0.1) is 13.2 Å². The Bertz CT molecular complexity index is 1200. The van der Waals surface area contributed by atoms with Crippen LogP contribution in [0.15, 0.2) is 78.9 Å². The lowest BCUT2D eigenvalue weighted by molar-refractivity contribution is 0.229. The maximum atomic E-state index is 14.1. The molecule has 1 aromatic heterocycles. The minimum absolute atomic E-state index is 0.304. The van der Waals surface area contributed by atoms with Crippen molar-refractivity contribution in [2.45, 2.75) is 27.2 Å². The molecule has 31 heavy (non-hydrogen) atoms. The molecule has 4 rings (SSSR count). The molecule has 0 aliphatic carbocycles. The highest BCUT2D eigenvalue weighted by Crippen LogP contribution is 2.50. The summed E-state index contributed by atoms with van der Waals surface area (Å²) in [6, 6.07) is 26.7. The number of hydrogen-bond acceptors (Lipinski definition) is 3. The molecule has 0 N–H and O–H groups in total. The van der Waals surface area contributed by atoms with Crippen LogP contribution >= 0.6 is 7.60 Å². The highest BCUT2D eigenvalue weighted by atomic mass is 31.2. The lowest BCUT2D eigenvalue weighted by Crippen LogP contribution is -2.21. The quantitative estimate of drug-likeness (QED) is 0.301. The molecule has 0 saturated heterocycles. The monoisotopic (exact) mass is 433 g/mol. The zero-order valence-corrected chi connectivity index (χ0v) is 19.1. The lowest BCUT2D eigenvalue weighted by Gasteiger charge is -2.21. The Kier molecular flexibility index (Phi) is 6.43. The summed E-state index contributed by atoms with van der Waals surface area (Å²) in [4.78, 5) is 0. The first kappa shape index (κ1) is 21.6. The highest BCUT2D eigenvalue weighted by Gasteiger charge is 2.35. The second-order valence-electron chi connectivity index (χ2n) is 7.48. The second kappa shape index (κ2) is 9.23. The van der Waals surface area contributed by atoms with Crippen molar-refractivity contribution in [2.24, 2.45) is 0 Å². The van der Waals surface area contributed by atoms with Gasteiger partial charge in [0.1, 0.15) is 5.44 Å². The predicted octanol–water partition coefficient (Wildman–Crippen LogP) is 6.42. The van der Waals surface area contributed by atoms with Crippen LogP contribution in [0.25, 0.3) is 16.5 Å². The van der Waals surface area contributed by atoms with E-state index in [2.05, 4.69) is 54.0 Å². The van der Waals surface area contributed by atoms with Gasteiger partial charge >= 0.3 is 7.60 Å². The summed E-state index contributed by atoms with van der Waals surface area (Å²) in [5.74, 6) is 0. The average molecular weight is 433 g/mol. The SMILES string of the molecule is CCOP(=O)(OCC)c1c2ccccc2c(Cc2ccccc2)n1-c1ccc(C)cc1. The van der Waals surface area contributed by atoms with Gasteiger partial charge in [-0.3, -0.25) is 4.57 Å². The fourth-order valence-electron chi connectivity index (χ4n) is 4.00. The van der Waals surface area contributed by atoms with Crippen molar-refractivity contribution in [1.82, 2.24) is 4.57 Å². The molecule has 0 radical (unpaired) electrons. The van der Waals surface area contributed by atoms with E-state index in [0.717, 1.165) is 22.2 Å². The van der Waals surface area contributed by atoms with Gasteiger partial charge in [0.25, 0.3) is 0 Å². The molecular formula is C26H28NO3P. The van der Waals surface area contributed by atoms with Crippen molar-refractivity contribution >= 4 is 23.8 Å². The normalized spacial score (nSPS) is 11.8.